The maximum atomic E-state index is 8.68. The molecule has 1 aromatic heterocycles. The normalized spacial score (nSPS) is 12.5. The van der Waals surface area contributed by atoms with Gasteiger partial charge in [-0.25, -0.2) is 9.97 Å². The largest absolute Gasteiger partial charge is 0.396 e. The van der Waals surface area contributed by atoms with Crippen molar-refractivity contribution in [1.29, 1.82) is 0 Å². The first-order valence-electron chi connectivity index (χ1n) is 4.17. The molecule has 1 aromatic rings. The summed E-state index contributed by atoms with van der Waals surface area (Å²) in [7, 11) is 0. The second-order valence-corrected chi connectivity index (χ2v) is 2.88. The maximum absolute atomic E-state index is 8.68. The minimum Gasteiger partial charge on any atom is -0.396 e. The van der Waals surface area contributed by atoms with Crippen LogP contribution in [0.15, 0.2) is 12.5 Å². The van der Waals surface area contributed by atoms with Crippen LogP contribution in [0.2, 0.25) is 0 Å². The van der Waals surface area contributed by atoms with Crippen molar-refractivity contribution >= 4 is 11.5 Å². The molecule has 0 bridgehead atoms. The first kappa shape index (κ1) is 9.73. The molecule has 5 heteroatoms. The smallest absolute Gasteiger partial charge is 0.152 e. The minimum atomic E-state index is 0.152. The van der Waals surface area contributed by atoms with Crippen molar-refractivity contribution in [3.63, 3.8) is 0 Å². The number of nitrogen functional groups attached to an aromatic ring is 1. The standard InChI is InChI=1S/C8H14N4O/c1-6(2-3-13)12-8-7(9)4-10-5-11-8/h4-6,13H,2-3,9H2,1H3,(H,10,11,12). The average molecular weight is 182 g/mol. The van der Waals surface area contributed by atoms with Gasteiger partial charge >= 0.3 is 0 Å². The first-order chi connectivity index (χ1) is 6.24. The molecule has 1 unspecified atom stereocenters. The molecule has 0 saturated carbocycles. The Morgan fingerprint density at radius 1 is 1.69 bits per heavy atom. The topological polar surface area (TPSA) is 84.1 Å². The van der Waals surface area contributed by atoms with E-state index >= 15 is 0 Å². The van der Waals surface area contributed by atoms with E-state index in [-0.39, 0.29) is 12.6 Å². The van der Waals surface area contributed by atoms with Crippen molar-refractivity contribution in [1.82, 2.24) is 9.97 Å². The predicted octanol–water partition coefficient (Wildman–Crippen LogP) is 0.242. The number of anilines is 2. The first-order valence-corrected chi connectivity index (χ1v) is 4.17. The Hall–Kier alpha value is -1.36. The van der Waals surface area contributed by atoms with Gasteiger partial charge in [0.05, 0.1) is 11.9 Å². The molecule has 1 rings (SSSR count). The van der Waals surface area contributed by atoms with Gasteiger partial charge < -0.3 is 16.2 Å². The van der Waals surface area contributed by atoms with E-state index in [2.05, 4.69) is 15.3 Å². The van der Waals surface area contributed by atoms with Crippen LogP contribution < -0.4 is 11.1 Å². The van der Waals surface area contributed by atoms with E-state index in [1.807, 2.05) is 6.92 Å². The molecule has 1 heterocycles. The number of hydrogen-bond acceptors (Lipinski definition) is 5. The van der Waals surface area contributed by atoms with Crippen LogP contribution in [0.4, 0.5) is 11.5 Å². The summed E-state index contributed by atoms with van der Waals surface area (Å²) in [6, 6.07) is 0.155. The summed E-state index contributed by atoms with van der Waals surface area (Å²) in [5, 5.41) is 11.8. The Bertz CT molecular complexity index is 266. The molecule has 1 atom stereocenters. The molecule has 0 fully saturated rings. The Labute approximate surface area is 77.0 Å². The van der Waals surface area contributed by atoms with Crippen LogP contribution in [0.3, 0.4) is 0 Å². The SMILES string of the molecule is CC(CCO)Nc1ncncc1N. The highest BCUT2D eigenvalue weighted by atomic mass is 16.3. The second-order valence-electron chi connectivity index (χ2n) is 2.88. The van der Waals surface area contributed by atoms with E-state index < -0.39 is 0 Å². The van der Waals surface area contributed by atoms with Gasteiger partial charge in [-0.15, -0.1) is 0 Å². The van der Waals surface area contributed by atoms with E-state index in [9.17, 15) is 0 Å². The highest BCUT2D eigenvalue weighted by Gasteiger charge is 2.04. The number of nitrogens with one attached hydrogen (secondary N) is 1. The van der Waals surface area contributed by atoms with Crippen molar-refractivity contribution in [3.8, 4) is 0 Å². The highest BCUT2D eigenvalue weighted by molar-refractivity contribution is 5.59. The second kappa shape index (κ2) is 4.61. The molecular weight excluding hydrogens is 168 g/mol. The summed E-state index contributed by atoms with van der Waals surface area (Å²) in [4.78, 5) is 7.74. The lowest BCUT2D eigenvalue weighted by atomic mass is 10.2. The van der Waals surface area contributed by atoms with Crippen molar-refractivity contribution in [2.75, 3.05) is 17.7 Å². The van der Waals surface area contributed by atoms with Crippen LogP contribution in [0.5, 0.6) is 0 Å². The molecule has 0 radical (unpaired) electrons. The van der Waals surface area contributed by atoms with Crippen molar-refractivity contribution in [2.45, 2.75) is 19.4 Å². The molecule has 0 aliphatic heterocycles. The van der Waals surface area contributed by atoms with Gasteiger partial charge in [0.1, 0.15) is 6.33 Å². The zero-order valence-corrected chi connectivity index (χ0v) is 7.57. The van der Waals surface area contributed by atoms with Crippen LogP contribution in [0.1, 0.15) is 13.3 Å². The summed E-state index contributed by atoms with van der Waals surface area (Å²) < 4.78 is 0. The van der Waals surface area contributed by atoms with E-state index in [0.717, 1.165) is 0 Å². The fourth-order valence-electron chi connectivity index (χ4n) is 0.960. The number of rotatable bonds is 4. The molecule has 0 aliphatic carbocycles. The Morgan fingerprint density at radius 2 is 2.46 bits per heavy atom. The summed E-state index contributed by atoms with van der Waals surface area (Å²) in [6.45, 7) is 2.11. The van der Waals surface area contributed by atoms with E-state index in [1.165, 1.54) is 6.33 Å². The van der Waals surface area contributed by atoms with Gasteiger partial charge in [-0.05, 0) is 13.3 Å². The van der Waals surface area contributed by atoms with Gasteiger partial charge in [0.2, 0.25) is 0 Å². The number of nitrogens with zero attached hydrogens (tertiary/aromatic N) is 2. The number of aromatic nitrogens is 2. The van der Waals surface area contributed by atoms with E-state index in [0.29, 0.717) is 17.9 Å². The van der Waals surface area contributed by atoms with Crippen LogP contribution in [-0.2, 0) is 0 Å². The maximum Gasteiger partial charge on any atom is 0.152 e. The number of nitrogens with two attached hydrogens (primary N) is 1. The van der Waals surface area contributed by atoms with Gasteiger partial charge in [0.15, 0.2) is 5.82 Å². The van der Waals surface area contributed by atoms with Crippen LogP contribution >= 0.6 is 0 Å². The predicted molar refractivity (Wildman–Crippen MR) is 51.2 cm³/mol. The lowest BCUT2D eigenvalue weighted by Crippen LogP contribution is -2.18. The monoisotopic (exact) mass is 182 g/mol. The third kappa shape index (κ3) is 2.87. The van der Waals surface area contributed by atoms with Crippen LogP contribution in [0, 0.1) is 0 Å². The summed E-state index contributed by atoms with van der Waals surface area (Å²) >= 11 is 0. The third-order valence-electron chi connectivity index (χ3n) is 1.69. The summed E-state index contributed by atoms with van der Waals surface area (Å²) in [5.41, 5.74) is 6.14. The zero-order valence-electron chi connectivity index (χ0n) is 7.57. The quantitative estimate of drug-likeness (QED) is 0.621. The fraction of sp³-hybridized carbons (Fsp3) is 0.500. The van der Waals surface area contributed by atoms with Gasteiger partial charge in [-0.2, -0.15) is 0 Å². The molecule has 5 nitrogen and oxygen atoms in total. The van der Waals surface area contributed by atoms with Crippen molar-refractivity contribution < 1.29 is 5.11 Å². The fourth-order valence-corrected chi connectivity index (χ4v) is 0.960. The highest BCUT2D eigenvalue weighted by Crippen LogP contribution is 2.13. The molecule has 0 saturated heterocycles. The zero-order chi connectivity index (χ0) is 9.68. The van der Waals surface area contributed by atoms with Gasteiger partial charge in [-0.1, -0.05) is 0 Å². The van der Waals surface area contributed by atoms with Crippen LogP contribution in [-0.4, -0.2) is 27.7 Å². The number of hydrogen-bond donors (Lipinski definition) is 3. The number of aliphatic hydroxyl groups is 1. The minimum absolute atomic E-state index is 0.152. The number of aliphatic hydroxyl groups excluding tert-OH is 1. The molecule has 72 valence electrons. The third-order valence-corrected chi connectivity index (χ3v) is 1.69. The Morgan fingerprint density at radius 3 is 3.08 bits per heavy atom. The summed E-state index contributed by atoms with van der Waals surface area (Å²) in [6.07, 6.45) is 3.65. The van der Waals surface area contributed by atoms with Gasteiger partial charge in [0, 0.05) is 12.6 Å². The average Bonchev–Trinajstić information content (AvgIpc) is 2.09. The molecule has 0 aliphatic rings. The van der Waals surface area contributed by atoms with Crippen molar-refractivity contribution in [2.24, 2.45) is 0 Å². The molecular formula is C8H14N4O. The van der Waals surface area contributed by atoms with E-state index in [4.69, 9.17) is 10.8 Å². The van der Waals surface area contributed by atoms with Gasteiger partial charge in [0.25, 0.3) is 0 Å². The van der Waals surface area contributed by atoms with Crippen LogP contribution in [0.25, 0.3) is 0 Å². The molecule has 0 amide bonds. The Kier molecular flexibility index (Phi) is 3.45. The molecule has 4 N–H and O–H groups in total. The summed E-state index contributed by atoms with van der Waals surface area (Å²) in [5.74, 6) is 0.621. The lowest BCUT2D eigenvalue weighted by molar-refractivity contribution is 0.282. The molecule has 13 heavy (non-hydrogen) atoms. The molecule has 0 aromatic carbocycles. The van der Waals surface area contributed by atoms with Crippen molar-refractivity contribution in [3.05, 3.63) is 12.5 Å². The van der Waals surface area contributed by atoms with Gasteiger partial charge in [-0.3, -0.25) is 0 Å². The molecule has 0 spiro atoms. The van der Waals surface area contributed by atoms with E-state index in [1.54, 1.807) is 6.20 Å². The lowest BCUT2D eigenvalue weighted by Gasteiger charge is -2.13. The Balaban J connectivity index is 2.58.